The minimum absolute atomic E-state index is 0.864. The van der Waals surface area contributed by atoms with Crippen molar-refractivity contribution in [2.45, 2.75) is 0 Å². The van der Waals surface area contributed by atoms with E-state index in [2.05, 4.69) is 83.8 Å². The molecule has 1 unspecified atom stereocenters. The van der Waals surface area contributed by atoms with Crippen molar-refractivity contribution >= 4 is 23.4 Å². The van der Waals surface area contributed by atoms with E-state index in [1.54, 1.807) is 0 Å². The predicted molar refractivity (Wildman–Crippen MR) is 156 cm³/mol. The third-order valence-corrected chi connectivity index (χ3v) is 9.33. The number of nitrogens with zero attached hydrogens (tertiary/aromatic N) is 1. The molecule has 0 fully saturated rings. The molecule has 2 nitrogen and oxygen atoms in total. The lowest BCUT2D eigenvalue weighted by molar-refractivity contribution is 0.590. The van der Waals surface area contributed by atoms with Gasteiger partial charge in [-0.3, -0.25) is 0 Å². The summed E-state index contributed by atoms with van der Waals surface area (Å²) in [6.07, 6.45) is 0. The summed E-state index contributed by atoms with van der Waals surface area (Å²) >= 11 is 0. The van der Waals surface area contributed by atoms with Crippen molar-refractivity contribution in [3.63, 3.8) is 0 Å². The normalized spacial score (nSPS) is 12.6. The molecule has 1 atom stereocenters. The van der Waals surface area contributed by atoms with Gasteiger partial charge in [0.1, 0.15) is 7.14 Å². The number of rotatable bonds is 6. The van der Waals surface area contributed by atoms with Gasteiger partial charge in [-0.05, 0) is 64.3 Å². The molecule has 0 radical (unpaired) electrons. The number of benzene rings is 5. The van der Waals surface area contributed by atoms with E-state index in [1.165, 1.54) is 11.1 Å². The van der Waals surface area contributed by atoms with Gasteiger partial charge in [-0.25, -0.2) is 0 Å². The van der Waals surface area contributed by atoms with Crippen molar-refractivity contribution < 1.29 is 4.57 Å². The van der Waals surface area contributed by atoms with Crippen LogP contribution in [0.15, 0.2) is 127 Å². The van der Waals surface area contributed by atoms with Crippen LogP contribution in [-0.4, -0.2) is 20.8 Å². The average molecular weight is 488 g/mol. The molecule has 5 aromatic carbocycles. The van der Waals surface area contributed by atoms with Crippen LogP contribution in [0, 0.1) is 0 Å². The molecule has 0 heterocycles. The summed E-state index contributed by atoms with van der Waals surface area (Å²) in [5, 5.41) is 1.75. The van der Waals surface area contributed by atoms with Gasteiger partial charge >= 0.3 is 0 Å². The quantitative estimate of drug-likeness (QED) is 0.229. The van der Waals surface area contributed by atoms with E-state index in [-0.39, 0.29) is 0 Å². The molecule has 0 amide bonds. The summed E-state index contributed by atoms with van der Waals surface area (Å²) in [6, 6.07) is 43.7. The molecule has 36 heavy (non-hydrogen) atoms. The van der Waals surface area contributed by atoms with Crippen LogP contribution in [0.5, 0.6) is 0 Å². The lowest BCUT2D eigenvalue weighted by atomic mass is 9.89. The van der Waals surface area contributed by atoms with Crippen molar-refractivity contribution in [1.82, 2.24) is 0 Å². The lowest BCUT2D eigenvalue weighted by Crippen LogP contribution is -2.18. The molecule has 5 rings (SSSR count). The average Bonchev–Trinajstić information content (AvgIpc) is 2.93. The zero-order valence-electron chi connectivity index (χ0n) is 20.9. The largest absolute Gasteiger partial charge is 0.378 e. The second kappa shape index (κ2) is 10.0. The Hall–Kier alpha value is -3.87. The second-order valence-corrected chi connectivity index (χ2v) is 12.2. The first-order chi connectivity index (χ1) is 17.5. The minimum Gasteiger partial charge on any atom is -0.378 e. The molecule has 0 saturated heterocycles. The van der Waals surface area contributed by atoms with Gasteiger partial charge in [0.05, 0.1) is 0 Å². The maximum Gasteiger partial charge on any atom is 0.140 e. The van der Waals surface area contributed by atoms with Crippen molar-refractivity contribution in [2.24, 2.45) is 0 Å². The highest BCUT2D eigenvalue weighted by atomic mass is 31.2. The van der Waals surface area contributed by atoms with Crippen LogP contribution in [0.1, 0.15) is 0 Å². The third kappa shape index (κ3) is 4.53. The fourth-order valence-corrected chi connectivity index (χ4v) is 6.81. The van der Waals surface area contributed by atoms with Crippen LogP contribution in [0.4, 0.5) is 5.69 Å². The summed E-state index contributed by atoms with van der Waals surface area (Å²) in [4.78, 5) is 2.05. The summed E-state index contributed by atoms with van der Waals surface area (Å²) in [7, 11) is 1.18. The molecule has 5 aromatic rings. The molecule has 0 bridgehead atoms. The summed E-state index contributed by atoms with van der Waals surface area (Å²) in [6.45, 7) is 1.89. The van der Waals surface area contributed by atoms with E-state index in [9.17, 15) is 4.57 Å². The zero-order chi connectivity index (χ0) is 25.1. The van der Waals surface area contributed by atoms with Gasteiger partial charge in [0.2, 0.25) is 0 Å². The highest BCUT2D eigenvalue weighted by Gasteiger charge is 2.26. The zero-order valence-corrected chi connectivity index (χ0v) is 21.8. The number of hydrogen-bond donors (Lipinski definition) is 0. The van der Waals surface area contributed by atoms with Crippen LogP contribution in [0.2, 0.25) is 0 Å². The van der Waals surface area contributed by atoms with Gasteiger partial charge in [0.15, 0.2) is 0 Å². The molecule has 0 aromatic heterocycles. The van der Waals surface area contributed by atoms with Gasteiger partial charge in [-0.15, -0.1) is 0 Å². The van der Waals surface area contributed by atoms with Crippen LogP contribution >= 0.6 is 7.14 Å². The Kier molecular flexibility index (Phi) is 6.63. The van der Waals surface area contributed by atoms with Crippen molar-refractivity contribution in [3.05, 3.63) is 127 Å². The van der Waals surface area contributed by atoms with E-state index in [0.717, 1.165) is 38.6 Å². The van der Waals surface area contributed by atoms with Crippen LogP contribution in [0.3, 0.4) is 0 Å². The van der Waals surface area contributed by atoms with Gasteiger partial charge in [-0.2, -0.15) is 0 Å². The fraction of sp³-hybridized carbons (Fsp3) is 0.0909. The summed E-state index contributed by atoms with van der Waals surface area (Å²) in [5.74, 6) is 0. The first kappa shape index (κ1) is 23.9. The number of anilines is 1. The Morgan fingerprint density at radius 2 is 0.944 bits per heavy atom. The number of hydrogen-bond acceptors (Lipinski definition) is 2. The molecule has 178 valence electrons. The van der Waals surface area contributed by atoms with E-state index in [0.29, 0.717) is 0 Å². The smallest absolute Gasteiger partial charge is 0.140 e. The lowest BCUT2D eigenvalue weighted by Gasteiger charge is -2.21. The maximum absolute atomic E-state index is 14.4. The summed E-state index contributed by atoms with van der Waals surface area (Å²) in [5.41, 5.74) is 7.85. The van der Waals surface area contributed by atoms with E-state index < -0.39 is 7.14 Å². The molecule has 0 saturated carbocycles. The molecule has 0 spiro atoms. The molecule has 3 heteroatoms. The topological polar surface area (TPSA) is 20.3 Å². The van der Waals surface area contributed by atoms with E-state index in [4.69, 9.17) is 0 Å². The Morgan fingerprint density at radius 3 is 1.53 bits per heavy atom. The molecule has 0 aliphatic heterocycles. The first-order valence-electron chi connectivity index (χ1n) is 12.2. The molecule has 0 N–H and O–H groups in total. The van der Waals surface area contributed by atoms with E-state index >= 15 is 0 Å². The summed E-state index contributed by atoms with van der Waals surface area (Å²) < 4.78 is 14.4. The highest BCUT2D eigenvalue weighted by molar-refractivity contribution is 7.78. The Bertz CT molecular complexity index is 1540. The van der Waals surface area contributed by atoms with Crippen molar-refractivity contribution in [2.75, 3.05) is 25.7 Å². The predicted octanol–water partition coefficient (Wildman–Crippen LogP) is 7.70. The van der Waals surface area contributed by atoms with Crippen molar-refractivity contribution in [1.29, 1.82) is 0 Å². The fourth-order valence-electron chi connectivity index (χ4n) is 4.79. The second-order valence-electron chi connectivity index (χ2n) is 9.31. The van der Waals surface area contributed by atoms with Gasteiger partial charge in [0, 0.05) is 30.4 Å². The molecule has 0 aliphatic rings. The molecular formula is C33H30NOP. The van der Waals surface area contributed by atoms with Crippen LogP contribution in [-0.2, 0) is 4.57 Å². The monoisotopic (exact) mass is 487 g/mol. The third-order valence-electron chi connectivity index (χ3n) is 6.74. The van der Waals surface area contributed by atoms with Gasteiger partial charge in [-0.1, -0.05) is 103 Å². The first-order valence-corrected chi connectivity index (χ1v) is 14.3. The highest BCUT2D eigenvalue weighted by Crippen LogP contribution is 2.45. The minimum atomic E-state index is -2.85. The molecule has 0 aliphatic carbocycles. The molecular weight excluding hydrogens is 457 g/mol. The van der Waals surface area contributed by atoms with Gasteiger partial charge in [0.25, 0.3) is 0 Å². The SMILES string of the molecule is CN(C)c1ccc(P(C)(=O)c2ccccc2-c2ccccc2-c2ccccc2-c2ccccc2)cc1. The van der Waals surface area contributed by atoms with Crippen molar-refractivity contribution in [3.8, 4) is 33.4 Å². The Morgan fingerprint density at radius 1 is 0.500 bits per heavy atom. The Labute approximate surface area is 214 Å². The van der Waals surface area contributed by atoms with Crippen LogP contribution < -0.4 is 15.5 Å². The van der Waals surface area contributed by atoms with Crippen LogP contribution in [0.25, 0.3) is 33.4 Å². The Balaban J connectivity index is 1.67. The standard InChI is InChI=1S/C33H30NOP/c1-34(2)26-21-23-27(24-22-26)36(3,35)33-20-12-11-19-32(33)31-18-10-9-17-30(31)29-16-8-7-15-28(29)25-13-5-4-6-14-25/h4-24H,1-3H3. The van der Waals surface area contributed by atoms with E-state index in [1.807, 2.05) is 69.3 Å². The maximum atomic E-state index is 14.4. The van der Waals surface area contributed by atoms with Gasteiger partial charge < -0.3 is 9.46 Å².